The van der Waals surface area contributed by atoms with E-state index in [9.17, 15) is 9.59 Å². The Morgan fingerprint density at radius 2 is 1.71 bits per heavy atom. The van der Waals surface area contributed by atoms with Crippen molar-refractivity contribution in [3.05, 3.63) is 54.1 Å². The molecule has 0 bridgehead atoms. The Morgan fingerprint density at radius 3 is 2.39 bits per heavy atom. The number of amides is 2. The number of para-hydroxylation sites is 1. The van der Waals surface area contributed by atoms with Gasteiger partial charge < -0.3 is 15.0 Å². The van der Waals surface area contributed by atoms with Gasteiger partial charge in [-0.15, -0.1) is 11.8 Å². The number of anilines is 1. The molecular weight excluding hydrogens is 410 g/mol. The van der Waals surface area contributed by atoms with Crippen molar-refractivity contribution in [2.24, 2.45) is 0 Å². The maximum atomic E-state index is 12.6. The van der Waals surface area contributed by atoms with Crippen LogP contribution in [0.2, 0.25) is 0 Å². The van der Waals surface area contributed by atoms with Crippen LogP contribution in [0.25, 0.3) is 0 Å². The minimum atomic E-state index is -0.00766. The molecule has 2 amide bonds. The molecule has 1 aliphatic heterocycles. The predicted octanol–water partition coefficient (Wildman–Crippen LogP) is 3.52. The molecule has 0 aromatic heterocycles. The minimum Gasteiger partial charge on any atom is -0.494 e. The molecule has 3 rings (SSSR count). The molecule has 0 saturated carbocycles. The first-order valence-corrected chi connectivity index (χ1v) is 11.8. The van der Waals surface area contributed by atoms with Gasteiger partial charge in [-0.1, -0.05) is 25.1 Å². The SMILES string of the molecule is CCOc1ccc(SCC(=O)N2CCN(CC(=O)Nc3ccccc3CC)CC2)cc1. The van der Waals surface area contributed by atoms with Crippen molar-refractivity contribution in [1.82, 2.24) is 9.80 Å². The van der Waals surface area contributed by atoms with Gasteiger partial charge in [-0.3, -0.25) is 14.5 Å². The van der Waals surface area contributed by atoms with Crippen molar-refractivity contribution in [3.63, 3.8) is 0 Å². The summed E-state index contributed by atoms with van der Waals surface area (Å²) in [6.45, 7) is 7.76. The lowest BCUT2D eigenvalue weighted by atomic mass is 10.1. The summed E-state index contributed by atoms with van der Waals surface area (Å²) in [4.78, 5) is 30.1. The van der Waals surface area contributed by atoms with E-state index in [2.05, 4.69) is 17.1 Å². The summed E-state index contributed by atoms with van der Waals surface area (Å²) in [6, 6.07) is 15.7. The fourth-order valence-electron chi connectivity index (χ4n) is 3.53. The second kappa shape index (κ2) is 11.8. The van der Waals surface area contributed by atoms with Gasteiger partial charge in [-0.25, -0.2) is 0 Å². The molecule has 0 aliphatic carbocycles. The van der Waals surface area contributed by atoms with E-state index >= 15 is 0 Å². The molecule has 1 aliphatic rings. The first kappa shape index (κ1) is 23.2. The monoisotopic (exact) mass is 441 g/mol. The number of aryl methyl sites for hydroxylation is 1. The van der Waals surface area contributed by atoms with Crippen LogP contribution in [0.5, 0.6) is 5.75 Å². The van der Waals surface area contributed by atoms with Crippen LogP contribution in [-0.2, 0) is 16.0 Å². The number of hydrogen-bond acceptors (Lipinski definition) is 5. The van der Waals surface area contributed by atoms with E-state index in [4.69, 9.17) is 4.74 Å². The van der Waals surface area contributed by atoms with E-state index in [0.29, 0.717) is 45.1 Å². The highest BCUT2D eigenvalue weighted by Crippen LogP contribution is 2.22. The molecule has 1 heterocycles. The molecule has 2 aromatic rings. The van der Waals surface area contributed by atoms with Crippen LogP contribution in [0.4, 0.5) is 5.69 Å². The van der Waals surface area contributed by atoms with Gasteiger partial charge in [0.2, 0.25) is 11.8 Å². The summed E-state index contributed by atoms with van der Waals surface area (Å²) < 4.78 is 5.45. The minimum absolute atomic E-state index is 0.00766. The zero-order valence-electron chi connectivity index (χ0n) is 18.3. The quantitative estimate of drug-likeness (QED) is 0.604. The Balaban J connectivity index is 1.39. The predicted molar refractivity (Wildman–Crippen MR) is 126 cm³/mol. The van der Waals surface area contributed by atoms with Crippen molar-refractivity contribution in [2.75, 3.05) is 50.4 Å². The smallest absolute Gasteiger partial charge is 0.238 e. The lowest BCUT2D eigenvalue weighted by Crippen LogP contribution is -2.50. The van der Waals surface area contributed by atoms with Crippen LogP contribution in [0.15, 0.2) is 53.4 Å². The molecule has 0 unspecified atom stereocenters. The van der Waals surface area contributed by atoms with Crippen molar-refractivity contribution in [1.29, 1.82) is 0 Å². The summed E-state index contributed by atoms with van der Waals surface area (Å²) >= 11 is 1.54. The maximum absolute atomic E-state index is 12.6. The average Bonchev–Trinajstić information content (AvgIpc) is 2.79. The maximum Gasteiger partial charge on any atom is 0.238 e. The molecule has 1 saturated heterocycles. The zero-order valence-corrected chi connectivity index (χ0v) is 19.1. The molecule has 0 atom stereocenters. The third-order valence-electron chi connectivity index (χ3n) is 5.26. The van der Waals surface area contributed by atoms with Crippen LogP contribution in [0.3, 0.4) is 0 Å². The van der Waals surface area contributed by atoms with Crippen LogP contribution < -0.4 is 10.1 Å². The Labute approximate surface area is 188 Å². The molecule has 1 fully saturated rings. The number of carbonyl (C=O) groups excluding carboxylic acids is 2. The second-order valence-corrected chi connectivity index (χ2v) is 8.46. The molecule has 0 radical (unpaired) electrons. The van der Waals surface area contributed by atoms with Crippen LogP contribution in [-0.4, -0.2) is 66.7 Å². The Kier molecular flexibility index (Phi) is 8.79. The fraction of sp³-hybridized carbons (Fsp3) is 0.417. The first-order chi connectivity index (χ1) is 15.1. The first-order valence-electron chi connectivity index (χ1n) is 10.8. The van der Waals surface area contributed by atoms with Gasteiger partial charge >= 0.3 is 0 Å². The number of benzene rings is 2. The third-order valence-corrected chi connectivity index (χ3v) is 6.26. The van der Waals surface area contributed by atoms with Gasteiger partial charge in [0.1, 0.15) is 5.75 Å². The topological polar surface area (TPSA) is 61.9 Å². The van der Waals surface area contributed by atoms with Crippen molar-refractivity contribution < 1.29 is 14.3 Å². The second-order valence-electron chi connectivity index (χ2n) is 7.41. The Morgan fingerprint density at radius 1 is 1.00 bits per heavy atom. The third kappa shape index (κ3) is 7.01. The summed E-state index contributed by atoms with van der Waals surface area (Å²) in [5.41, 5.74) is 2.02. The van der Waals surface area contributed by atoms with Crippen molar-refractivity contribution in [2.45, 2.75) is 25.2 Å². The molecule has 0 spiro atoms. The number of piperazine rings is 1. The summed E-state index contributed by atoms with van der Waals surface area (Å²) in [5, 5.41) is 3.02. The number of hydrogen-bond donors (Lipinski definition) is 1. The van der Waals surface area contributed by atoms with Crippen molar-refractivity contribution >= 4 is 29.3 Å². The zero-order chi connectivity index (χ0) is 22.1. The molecular formula is C24H31N3O3S. The largest absolute Gasteiger partial charge is 0.494 e. The van der Waals surface area contributed by atoms with Gasteiger partial charge in [0.25, 0.3) is 0 Å². The van der Waals surface area contributed by atoms with Gasteiger partial charge in [0.15, 0.2) is 0 Å². The lowest BCUT2D eigenvalue weighted by molar-refractivity contribution is -0.130. The van der Waals surface area contributed by atoms with Gasteiger partial charge in [-0.05, 0) is 49.2 Å². The van der Waals surface area contributed by atoms with Gasteiger partial charge in [0, 0.05) is 36.8 Å². The molecule has 166 valence electrons. The molecule has 2 aromatic carbocycles. The highest BCUT2D eigenvalue weighted by Gasteiger charge is 2.22. The van der Waals surface area contributed by atoms with E-state index in [1.165, 1.54) is 0 Å². The van der Waals surface area contributed by atoms with E-state index in [1.54, 1.807) is 11.8 Å². The fourth-order valence-corrected chi connectivity index (χ4v) is 4.34. The highest BCUT2D eigenvalue weighted by atomic mass is 32.2. The summed E-state index contributed by atoms with van der Waals surface area (Å²) in [5.74, 6) is 1.39. The van der Waals surface area contributed by atoms with Crippen molar-refractivity contribution in [3.8, 4) is 5.75 Å². The summed E-state index contributed by atoms with van der Waals surface area (Å²) in [7, 11) is 0. The summed E-state index contributed by atoms with van der Waals surface area (Å²) in [6.07, 6.45) is 0.881. The molecule has 6 nitrogen and oxygen atoms in total. The molecule has 31 heavy (non-hydrogen) atoms. The number of rotatable bonds is 9. The Bertz CT molecular complexity index is 865. The van der Waals surface area contributed by atoms with Crippen LogP contribution in [0.1, 0.15) is 19.4 Å². The average molecular weight is 442 g/mol. The highest BCUT2D eigenvalue weighted by molar-refractivity contribution is 8.00. The number of carbonyl (C=O) groups is 2. The number of thioether (sulfide) groups is 1. The molecule has 1 N–H and O–H groups in total. The van der Waals surface area contributed by atoms with Gasteiger partial charge in [0.05, 0.1) is 18.9 Å². The number of nitrogens with zero attached hydrogens (tertiary/aromatic N) is 2. The van der Waals surface area contributed by atoms with E-state index in [0.717, 1.165) is 28.3 Å². The number of nitrogens with one attached hydrogen (secondary N) is 1. The normalized spacial score (nSPS) is 14.3. The van der Waals surface area contributed by atoms with Gasteiger partial charge in [-0.2, -0.15) is 0 Å². The Hall–Kier alpha value is -2.51. The van der Waals surface area contributed by atoms with E-state index in [-0.39, 0.29) is 11.8 Å². The van der Waals surface area contributed by atoms with E-state index in [1.807, 2.05) is 60.4 Å². The van der Waals surface area contributed by atoms with Crippen LogP contribution >= 0.6 is 11.8 Å². The lowest BCUT2D eigenvalue weighted by Gasteiger charge is -2.34. The van der Waals surface area contributed by atoms with E-state index < -0.39 is 0 Å². The number of ether oxygens (including phenoxy) is 1. The molecule has 7 heteroatoms. The standard InChI is InChI=1S/C24H31N3O3S/c1-3-19-7-5-6-8-22(19)25-23(28)17-26-13-15-27(16-14-26)24(29)18-31-21-11-9-20(10-12-21)30-4-2/h5-12H,3-4,13-18H2,1-2H3,(H,25,28). The van der Waals surface area contributed by atoms with Crippen LogP contribution in [0, 0.1) is 0 Å².